The second-order valence-electron chi connectivity index (χ2n) is 7.34. The van der Waals surface area contributed by atoms with Crippen LogP contribution in [0, 0.1) is 11.3 Å². The number of carbonyl (C=O) groups excluding carboxylic acids is 1. The quantitative estimate of drug-likeness (QED) is 0.784. The lowest BCUT2D eigenvalue weighted by Crippen LogP contribution is -2.69. The van der Waals surface area contributed by atoms with Gasteiger partial charge in [0.15, 0.2) is 0 Å². The fourth-order valence-corrected chi connectivity index (χ4v) is 4.21. The van der Waals surface area contributed by atoms with Crippen LogP contribution in [0.5, 0.6) is 5.75 Å². The smallest absolute Gasteiger partial charge is 0.251 e. The number of nitrogens with one attached hydrogen (secondary N) is 2. The van der Waals surface area contributed by atoms with E-state index in [0.717, 1.165) is 19.6 Å². The molecule has 1 aromatic rings. The van der Waals surface area contributed by atoms with Gasteiger partial charge in [0.25, 0.3) is 5.91 Å². The second-order valence-corrected chi connectivity index (χ2v) is 7.34. The van der Waals surface area contributed by atoms with Crippen molar-refractivity contribution in [2.24, 2.45) is 11.3 Å². The Hall–Kier alpha value is -1.59. The standard InChI is InChI=1S/C19H28N2O3/c1-19(2)16(15-8-5-11-24-17(15)19)20-9-10-21-18(22)13-6-4-7-14(12-13)23-3/h4,6-7,12,15-17,20H,5,8-11H2,1-3H3,(H,21,22). The molecule has 1 heterocycles. The monoisotopic (exact) mass is 332 g/mol. The van der Waals surface area contributed by atoms with E-state index in [4.69, 9.17) is 9.47 Å². The maximum atomic E-state index is 12.2. The highest BCUT2D eigenvalue weighted by molar-refractivity contribution is 5.94. The Labute approximate surface area is 144 Å². The van der Waals surface area contributed by atoms with Crippen molar-refractivity contribution in [2.75, 3.05) is 26.8 Å². The van der Waals surface area contributed by atoms with E-state index < -0.39 is 0 Å². The molecular weight excluding hydrogens is 304 g/mol. The summed E-state index contributed by atoms with van der Waals surface area (Å²) in [5, 5.41) is 6.58. The molecule has 1 aromatic carbocycles. The fourth-order valence-electron chi connectivity index (χ4n) is 4.21. The van der Waals surface area contributed by atoms with Crippen LogP contribution in [0.4, 0.5) is 0 Å². The minimum Gasteiger partial charge on any atom is -0.497 e. The van der Waals surface area contributed by atoms with E-state index in [1.54, 1.807) is 19.2 Å². The Bertz CT molecular complexity index is 588. The normalized spacial score (nSPS) is 27.7. The molecular formula is C19H28N2O3. The van der Waals surface area contributed by atoms with Crippen molar-refractivity contribution in [1.29, 1.82) is 0 Å². The van der Waals surface area contributed by atoms with Crippen molar-refractivity contribution in [3.8, 4) is 5.75 Å². The average Bonchev–Trinajstić information content (AvgIpc) is 2.61. The maximum absolute atomic E-state index is 12.2. The number of methoxy groups -OCH3 is 1. The van der Waals surface area contributed by atoms with Crippen LogP contribution in [0.3, 0.4) is 0 Å². The van der Waals surface area contributed by atoms with Gasteiger partial charge in [-0.05, 0) is 31.0 Å². The Morgan fingerprint density at radius 2 is 2.21 bits per heavy atom. The first-order valence-electron chi connectivity index (χ1n) is 8.81. The predicted molar refractivity (Wildman–Crippen MR) is 93.4 cm³/mol. The molecule has 1 aliphatic carbocycles. The van der Waals surface area contributed by atoms with Gasteiger partial charge < -0.3 is 20.1 Å². The number of benzene rings is 1. The van der Waals surface area contributed by atoms with Gasteiger partial charge in [-0.3, -0.25) is 4.79 Å². The Morgan fingerprint density at radius 3 is 3.00 bits per heavy atom. The lowest BCUT2D eigenvalue weighted by Gasteiger charge is -2.60. The summed E-state index contributed by atoms with van der Waals surface area (Å²) in [5.74, 6) is 1.24. The molecule has 0 aromatic heterocycles. The van der Waals surface area contributed by atoms with Crippen molar-refractivity contribution >= 4 is 5.91 Å². The minimum absolute atomic E-state index is 0.0672. The zero-order valence-corrected chi connectivity index (χ0v) is 14.8. The number of carbonyl (C=O) groups is 1. The fraction of sp³-hybridized carbons (Fsp3) is 0.632. The van der Waals surface area contributed by atoms with E-state index in [1.165, 1.54) is 6.42 Å². The van der Waals surface area contributed by atoms with Gasteiger partial charge in [0, 0.05) is 42.6 Å². The van der Waals surface area contributed by atoms with Crippen LogP contribution in [0.15, 0.2) is 24.3 Å². The SMILES string of the molecule is COc1cccc(C(=O)NCCNC2C3CCCOC3C2(C)C)c1. The van der Waals surface area contributed by atoms with E-state index in [1.807, 2.05) is 12.1 Å². The summed E-state index contributed by atoms with van der Waals surface area (Å²) < 4.78 is 11.1. The Kier molecular flexibility index (Phi) is 5.11. The number of hydrogen-bond donors (Lipinski definition) is 2. The molecule has 1 aliphatic heterocycles. The molecule has 24 heavy (non-hydrogen) atoms. The molecule has 0 bridgehead atoms. The predicted octanol–water partition coefficient (Wildman–Crippen LogP) is 2.22. The molecule has 2 aliphatic rings. The molecule has 5 nitrogen and oxygen atoms in total. The molecule has 1 saturated carbocycles. The van der Waals surface area contributed by atoms with E-state index in [9.17, 15) is 4.79 Å². The molecule has 1 amide bonds. The Morgan fingerprint density at radius 1 is 1.38 bits per heavy atom. The molecule has 2 fully saturated rings. The lowest BCUT2D eigenvalue weighted by atomic mass is 9.55. The number of amides is 1. The van der Waals surface area contributed by atoms with E-state index >= 15 is 0 Å². The number of fused-ring (bicyclic) bond motifs is 1. The highest BCUT2D eigenvalue weighted by Crippen LogP contribution is 2.51. The average molecular weight is 332 g/mol. The summed E-state index contributed by atoms with van der Waals surface area (Å²) in [6, 6.07) is 7.68. The van der Waals surface area contributed by atoms with Crippen LogP contribution in [-0.2, 0) is 4.74 Å². The minimum atomic E-state index is -0.0672. The molecule has 5 heteroatoms. The molecule has 3 rings (SSSR count). The third-order valence-electron chi connectivity index (χ3n) is 5.44. The van der Waals surface area contributed by atoms with Crippen LogP contribution in [0.25, 0.3) is 0 Å². The van der Waals surface area contributed by atoms with Crippen molar-refractivity contribution < 1.29 is 14.3 Å². The summed E-state index contributed by atoms with van der Waals surface area (Å²) in [4.78, 5) is 12.2. The van der Waals surface area contributed by atoms with E-state index in [2.05, 4.69) is 24.5 Å². The maximum Gasteiger partial charge on any atom is 0.251 e. The lowest BCUT2D eigenvalue weighted by molar-refractivity contribution is -0.192. The van der Waals surface area contributed by atoms with Gasteiger partial charge in [-0.1, -0.05) is 19.9 Å². The van der Waals surface area contributed by atoms with Crippen LogP contribution in [0.2, 0.25) is 0 Å². The summed E-state index contributed by atoms with van der Waals surface area (Å²) in [6.45, 7) is 6.82. The van der Waals surface area contributed by atoms with Crippen molar-refractivity contribution in [2.45, 2.75) is 38.8 Å². The first kappa shape index (κ1) is 17.2. The molecule has 1 saturated heterocycles. The number of ether oxygens (including phenoxy) is 2. The van der Waals surface area contributed by atoms with Gasteiger partial charge in [-0.15, -0.1) is 0 Å². The van der Waals surface area contributed by atoms with Crippen LogP contribution < -0.4 is 15.4 Å². The van der Waals surface area contributed by atoms with Gasteiger partial charge >= 0.3 is 0 Å². The summed E-state index contributed by atoms with van der Waals surface area (Å²) in [7, 11) is 1.60. The zero-order valence-electron chi connectivity index (χ0n) is 14.8. The number of hydrogen-bond acceptors (Lipinski definition) is 4. The van der Waals surface area contributed by atoms with Gasteiger partial charge in [0.2, 0.25) is 0 Å². The van der Waals surface area contributed by atoms with Crippen LogP contribution >= 0.6 is 0 Å². The molecule has 3 unspecified atom stereocenters. The van der Waals surface area contributed by atoms with E-state index in [0.29, 0.717) is 35.9 Å². The van der Waals surface area contributed by atoms with Crippen molar-refractivity contribution in [3.63, 3.8) is 0 Å². The summed E-state index contributed by atoms with van der Waals surface area (Å²) in [6.07, 6.45) is 2.78. The van der Waals surface area contributed by atoms with Gasteiger partial charge in [0.05, 0.1) is 13.2 Å². The van der Waals surface area contributed by atoms with Gasteiger partial charge in [-0.25, -0.2) is 0 Å². The van der Waals surface area contributed by atoms with Crippen molar-refractivity contribution in [3.05, 3.63) is 29.8 Å². The van der Waals surface area contributed by atoms with Crippen LogP contribution in [0.1, 0.15) is 37.0 Å². The van der Waals surface area contributed by atoms with E-state index in [-0.39, 0.29) is 11.3 Å². The topological polar surface area (TPSA) is 59.6 Å². The second kappa shape index (κ2) is 7.11. The molecule has 3 atom stereocenters. The number of rotatable bonds is 6. The molecule has 0 radical (unpaired) electrons. The molecule has 2 N–H and O–H groups in total. The first-order valence-corrected chi connectivity index (χ1v) is 8.81. The molecule has 0 spiro atoms. The summed E-state index contributed by atoms with van der Waals surface area (Å²) in [5.41, 5.74) is 0.793. The Balaban J connectivity index is 1.44. The highest BCUT2D eigenvalue weighted by atomic mass is 16.5. The third-order valence-corrected chi connectivity index (χ3v) is 5.44. The first-order chi connectivity index (χ1) is 11.5. The van der Waals surface area contributed by atoms with Gasteiger partial charge in [-0.2, -0.15) is 0 Å². The van der Waals surface area contributed by atoms with Crippen molar-refractivity contribution in [1.82, 2.24) is 10.6 Å². The highest BCUT2D eigenvalue weighted by Gasteiger charge is 2.57. The summed E-state index contributed by atoms with van der Waals surface area (Å²) >= 11 is 0. The van der Waals surface area contributed by atoms with Gasteiger partial charge in [0.1, 0.15) is 5.75 Å². The molecule has 132 valence electrons. The third kappa shape index (κ3) is 3.28. The largest absolute Gasteiger partial charge is 0.497 e. The van der Waals surface area contributed by atoms with Crippen LogP contribution in [-0.4, -0.2) is 44.9 Å². The zero-order chi connectivity index (χ0) is 17.2.